The van der Waals surface area contributed by atoms with Gasteiger partial charge in [-0.05, 0) is 67.1 Å². The van der Waals surface area contributed by atoms with Crippen molar-refractivity contribution in [3.05, 3.63) is 94.0 Å². The maximum Gasteiger partial charge on any atom is 0.253 e. The Morgan fingerprint density at radius 2 is 1.77 bits per heavy atom. The van der Waals surface area contributed by atoms with Gasteiger partial charge in [-0.2, -0.15) is 5.10 Å². The molecule has 1 atom stereocenters. The van der Waals surface area contributed by atoms with Crippen molar-refractivity contribution in [1.29, 1.82) is 0 Å². The number of hydrazone groups is 1. The zero-order chi connectivity index (χ0) is 21.3. The van der Waals surface area contributed by atoms with E-state index in [1.807, 2.05) is 67.6 Å². The number of nitrogens with one attached hydrogen (secondary N) is 1. The van der Waals surface area contributed by atoms with Crippen LogP contribution in [0.25, 0.3) is 0 Å². The highest BCUT2D eigenvalue weighted by Crippen LogP contribution is 2.24. The van der Waals surface area contributed by atoms with Crippen molar-refractivity contribution in [2.24, 2.45) is 5.10 Å². The van der Waals surface area contributed by atoms with Gasteiger partial charge in [-0.1, -0.05) is 41.4 Å². The molecule has 0 aliphatic heterocycles. The average Bonchev–Trinajstić information content (AvgIpc) is 2.75. The van der Waals surface area contributed by atoms with Crippen LogP contribution < -0.4 is 10.2 Å². The van der Waals surface area contributed by atoms with Gasteiger partial charge in [0.05, 0.1) is 11.5 Å². The van der Waals surface area contributed by atoms with Gasteiger partial charge in [0.1, 0.15) is 12.4 Å². The number of carbonyl (C=O) groups is 1. The Morgan fingerprint density at radius 3 is 2.47 bits per heavy atom. The number of hydrogen-bond donors (Lipinski definition) is 1. The van der Waals surface area contributed by atoms with Crippen molar-refractivity contribution in [1.82, 2.24) is 5.43 Å². The fourth-order valence-corrected chi connectivity index (χ4v) is 3.64. The molecule has 0 fully saturated rings. The molecule has 0 aromatic heterocycles. The summed E-state index contributed by atoms with van der Waals surface area (Å²) >= 11 is 13.5. The zero-order valence-electron chi connectivity index (χ0n) is 16.2. The molecule has 154 valence electrons. The molecule has 3 aromatic rings. The second kappa shape index (κ2) is 11.1. The Balaban J connectivity index is 1.46. The van der Waals surface area contributed by atoms with Gasteiger partial charge in [0.2, 0.25) is 0 Å². The predicted molar refractivity (Wildman–Crippen MR) is 125 cm³/mol. The molecule has 30 heavy (non-hydrogen) atoms. The number of thioether (sulfide) groups is 1. The fraction of sp³-hybridized carbons (Fsp3) is 0.130. The van der Waals surface area contributed by atoms with E-state index in [1.165, 1.54) is 11.8 Å². The summed E-state index contributed by atoms with van der Waals surface area (Å²) in [5, 5.41) is 5.10. The molecule has 7 heteroatoms. The van der Waals surface area contributed by atoms with Crippen molar-refractivity contribution in [2.75, 3.05) is 0 Å². The zero-order valence-corrected chi connectivity index (χ0v) is 18.5. The predicted octanol–water partition coefficient (Wildman–Crippen LogP) is 6.20. The molecule has 0 unspecified atom stereocenters. The Labute approximate surface area is 190 Å². The van der Waals surface area contributed by atoms with Gasteiger partial charge in [0.25, 0.3) is 5.91 Å². The lowest BCUT2D eigenvalue weighted by molar-refractivity contribution is -0.120. The van der Waals surface area contributed by atoms with Crippen molar-refractivity contribution in [3.63, 3.8) is 0 Å². The van der Waals surface area contributed by atoms with Gasteiger partial charge in [-0.15, -0.1) is 11.8 Å². The summed E-state index contributed by atoms with van der Waals surface area (Å²) < 4.78 is 5.76. The fourth-order valence-electron chi connectivity index (χ4n) is 2.46. The van der Waals surface area contributed by atoms with Gasteiger partial charge in [-0.3, -0.25) is 4.79 Å². The molecule has 3 rings (SSSR count). The summed E-state index contributed by atoms with van der Waals surface area (Å²) in [5.41, 5.74) is 4.34. The highest BCUT2D eigenvalue weighted by atomic mass is 35.5. The average molecular weight is 459 g/mol. The Kier molecular flexibility index (Phi) is 8.20. The van der Waals surface area contributed by atoms with Crippen molar-refractivity contribution >= 4 is 47.1 Å². The molecule has 0 spiro atoms. The molecule has 4 nitrogen and oxygen atoms in total. The van der Waals surface area contributed by atoms with Crippen LogP contribution in [0.15, 0.2) is 82.8 Å². The largest absolute Gasteiger partial charge is 0.489 e. The third-order valence-corrected chi connectivity index (χ3v) is 5.85. The third kappa shape index (κ3) is 6.80. The Morgan fingerprint density at radius 1 is 1.07 bits per heavy atom. The van der Waals surface area contributed by atoms with Crippen molar-refractivity contribution in [3.8, 4) is 5.75 Å². The molecule has 1 amide bonds. The molecule has 0 heterocycles. The van der Waals surface area contributed by atoms with Crippen molar-refractivity contribution < 1.29 is 9.53 Å². The first-order valence-electron chi connectivity index (χ1n) is 9.22. The van der Waals surface area contributed by atoms with E-state index in [2.05, 4.69) is 10.5 Å². The van der Waals surface area contributed by atoms with Gasteiger partial charge >= 0.3 is 0 Å². The number of ether oxygens (including phenoxy) is 1. The first-order chi connectivity index (χ1) is 14.5. The van der Waals surface area contributed by atoms with Crippen LogP contribution in [0.2, 0.25) is 10.0 Å². The normalized spacial score (nSPS) is 12.0. The molecular formula is C23H20Cl2N2O2S. The van der Waals surface area contributed by atoms with E-state index < -0.39 is 0 Å². The van der Waals surface area contributed by atoms with Gasteiger partial charge in [-0.25, -0.2) is 5.43 Å². The number of amides is 1. The number of hydrogen-bond acceptors (Lipinski definition) is 4. The monoisotopic (exact) mass is 458 g/mol. The van der Waals surface area contributed by atoms with Crippen LogP contribution in [0, 0.1) is 0 Å². The lowest BCUT2D eigenvalue weighted by atomic mass is 10.2. The number of carbonyl (C=O) groups excluding carboxylic acids is 1. The van der Waals surface area contributed by atoms with E-state index in [0.717, 1.165) is 21.8 Å². The first-order valence-corrected chi connectivity index (χ1v) is 10.9. The van der Waals surface area contributed by atoms with E-state index in [-0.39, 0.29) is 11.2 Å². The summed E-state index contributed by atoms with van der Waals surface area (Å²) in [7, 11) is 0. The molecule has 0 bridgehead atoms. The van der Waals surface area contributed by atoms with E-state index in [1.54, 1.807) is 18.3 Å². The van der Waals surface area contributed by atoms with Crippen LogP contribution in [-0.4, -0.2) is 17.4 Å². The lowest BCUT2D eigenvalue weighted by Crippen LogP contribution is -2.26. The summed E-state index contributed by atoms with van der Waals surface area (Å²) in [5.74, 6) is 0.551. The van der Waals surface area contributed by atoms with Crippen LogP contribution >= 0.6 is 35.0 Å². The Bertz CT molecular complexity index is 1010. The number of benzene rings is 3. The van der Waals surface area contributed by atoms with E-state index >= 15 is 0 Å². The summed E-state index contributed by atoms with van der Waals surface area (Å²) in [4.78, 5) is 13.2. The highest BCUT2D eigenvalue weighted by Gasteiger charge is 2.13. The molecule has 1 N–H and O–H groups in total. The third-order valence-electron chi connectivity index (χ3n) is 4.12. The van der Waals surface area contributed by atoms with Crippen molar-refractivity contribution in [2.45, 2.75) is 23.7 Å². The van der Waals surface area contributed by atoms with Gasteiger partial charge < -0.3 is 4.74 Å². The number of nitrogens with zero attached hydrogens (tertiary/aromatic N) is 1. The van der Waals surface area contributed by atoms with Crippen LogP contribution in [0.4, 0.5) is 0 Å². The van der Waals surface area contributed by atoms with E-state index in [4.69, 9.17) is 27.9 Å². The Hall–Kier alpha value is -2.47. The van der Waals surface area contributed by atoms with Gasteiger partial charge in [0.15, 0.2) is 0 Å². The number of rotatable bonds is 8. The summed E-state index contributed by atoms with van der Waals surface area (Å²) in [6, 6.07) is 22.4. The summed E-state index contributed by atoms with van der Waals surface area (Å²) in [6.07, 6.45) is 1.59. The molecule has 0 saturated heterocycles. The second-order valence-electron chi connectivity index (χ2n) is 6.40. The molecule has 0 aliphatic carbocycles. The molecule has 0 radical (unpaired) electrons. The minimum atomic E-state index is -0.288. The second-order valence-corrected chi connectivity index (χ2v) is 8.66. The maximum atomic E-state index is 12.2. The van der Waals surface area contributed by atoms with Gasteiger partial charge in [0, 0.05) is 20.5 Å². The van der Waals surface area contributed by atoms with Crippen LogP contribution in [-0.2, 0) is 11.4 Å². The number of halogens is 2. The van der Waals surface area contributed by atoms with Crippen LogP contribution in [0.1, 0.15) is 18.1 Å². The SMILES string of the molecule is C[C@@H](Sc1ccc(Cl)cc1)C(=O)N/N=C\c1ccc(OCc2ccccc2Cl)cc1. The smallest absolute Gasteiger partial charge is 0.253 e. The van der Waals surface area contributed by atoms with E-state index in [9.17, 15) is 4.79 Å². The lowest BCUT2D eigenvalue weighted by Gasteiger charge is -2.09. The standard InChI is InChI=1S/C23H20Cl2N2O2S/c1-16(30-21-12-8-19(24)9-13-21)23(28)27-26-14-17-6-10-20(11-7-17)29-15-18-4-2-3-5-22(18)25/h2-14,16H,15H2,1H3,(H,27,28)/b26-14-/t16-/m1/s1. The maximum absolute atomic E-state index is 12.2. The molecule has 0 aliphatic rings. The highest BCUT2D eigenvalue weighted by molar-refractivity contribution is 8.00. The van der Waals surface area contributed by atoms with Crippen LogP contribution in [0.3, 0.4) is 0 Å². The minimum Gasteiger partial charge on any atom is -0.489 e. The van der Waals surface area contributed by atoms with Crippen LogP contribution in [0.5, 0.6) is 5.75 Å². The quantitative estimate of drug-likeness (QED) is 0.248. The molecule has 3 aromatic carbocycles. The minimum absolute atomic E-state index is 0.175. The molecular weight excluding hydrogens is 439 g/mol. The summed E-state index contributed by atoms with van der Waals surface area (Å²) in [6.45, 7) is 2.22. The molecule has 0 saturated carbocycles. The first kappa shape index (κ1) is 22.2. The topological polar surface area (TPSA) is 50.7 Å². The van der Waals surface area contributed by atoms with E-state index in [0.29, 0.717) is 16.7 Å².